The average molecular weight is 316 g/mol. The predicted molar refractivity (Wildman–Crippen MR) is 75.4 cm³/mol. The molecule has 2 rings (SSSR count). The Bertz CT molecular complexity index is 614. The van der Waals surface area contributed by atoms with E-state index in [0.717, 1.165) is 11.3 Å². The molecule has 0 unspecified atom stereocenters. The Balaban J connectivity index is 2.10. The topological polar surface area (TPSA) is 62.2 Å². The number of thiazole rings is 1. The smallest absolute Gasteiger partial charge is 0.347 e. The fraction of sp³-hybridized carbons (Fsp3) is 0.167. The summed E-state index contributed by atoms with van der Waals surface area (Å²) in [6.45, 7) is 1.62. The number of rotatable bonds is 5. The van der Waals surface area contributed by atoms with Crippen molar-refractivity contribution in [2.45, 2.75) is 17.6 Å². The third-order valence-corrected chi connectivity index (χ3v) is 4.10. The number of nitrogens with one attached hydrogen (secondary N) is 1. The molecule has 20 heavy (non-hydrogen) atoms. The van der Waals surface area contributed by atoms with Crippen LogP contribution >= 0.6 is 23.1 Å². The maximum absolute atomic E-state index is 12.2. The highest BCUT2D eigenvalue weighted by atomic mass is 32.2. The molecule has 4 nitrogen and oxygen atoms in total. The third-order valence-electron chi connectivity index (χ3n) is 2.32. The SMILES string of the molecule is Cc1nc(Nc2ccc(SC(F)F)cc2)sc1C(=O)O. The molecule has 106 valence electrons. The average Bonchev–Trinajstić information content (AvgIpc) is 2.72. The molecule has 2 aromatic rings. The van der Waals surface area contributed by atoms with Crippen molar-refractivity contribution in [3.05, 3.63) is 34.8 Å². The first-order chi connectivity index (χ1) is 9.45. The molecule has 0 atom stereocenters. The van der Waals surface area contributed by atoms with Crippen LogP contribution in [0, 0.1) is 6.92 Å². The molecule has 1 aromatic heterocycles. The van der Waals surface area contributed by atoms with E-state index in [0.29, 0.717) is 33.2 Å². The number of carboxylic acid groups (broad SMARTS) is 1. The van der Waals surface area contributed by atoms with Crippen LogP contribution < -0.4 is 5.32 Å². The summed E-state index contributed by atoms with van der Waals surface area (Å²) in [4.78, 5) is 15.6. The van der Waals surface area contributed by atoms with Gasteiger partial charge >= 0.3 is 5.97 Å². The number of aromatic nitrogens is 1. The summed E-state index contributed by atoms with van der Waals surface area (Å²) in [7, 11) is 0. The number of carboxylic acids is 1. The monoisotopic (exact) mass is 316 g/mol. The molecule has 0 fully saturated rings. The third kappa shape index (κ3) is 3.67. The largest absolute Gasteiger partial charge is 0.477 e. The predicted octanol–water partition coefficient (Wildman–Crippen LogP) is 4.21. The molecule has 0 saturated carbocycles. The minimum Gasteiger partial charge on any atom is -0.477 e. The maximum Gasteiger partial charge on any atom is 0.347 e. The Hall–Kier alpha value is -1.67. The molecule has 0 amide bonds. The number of hydrogen-bond donors (Lipinski definition) is 2. The molecule has 2 N–H and O–H groups in total. The second kappa shape index (κ2) is 6.19. The summed E-state index contributed by atoms with van der Waals surface area (Å²) >= 11 is 1.50. The number of aryl methyl sites for hydroxylation is 1. The molecule has 0 aliphatic carbocycles. The normalized spacial score (nSPS) is 10.8. The Morgan fingerprint density at radius 2 is 2.05 bits per heavy atom. The lowest BCUT2D eigenvalue weighted by molar-refractivity contribution is 0.0701. The minimum absolute atomic E-state index is 0.178. The number of hydrogen-bond acceptors (Lipinski definition) is 5. The van der Waals surface area contributed by atoms with Gasteiger partial charge in [0.1, 0.15) is 4.88 Å². The lowest BCUT2D eigenvalue weighted by Gasteiger charge is -2.04. The lowest BCUT2D eigenvalue weighted by atomic mass is 10.3. The van der Waals surface area contributed by atoms with E-state index in [1.54, 1.807) is 31.2 Å². The number of benzene rings is 1. The molecule has 0 spiro atoms. The van der Waals surface area contributed by atoms with Crippen molar-refractivity contribution >= 4 is 39.9 Å². The first kappa shape index (κ1) is 14.7. The Morgan fingerprint density at radius 3 is 2.55 bits per heavy atom. The summed E-state index contributed by atoms with van der Waals surface area (Å²) in [5, 5.41) is 12.3. The first-order valence-electron chi connectivity index (χ1n) is 5.48. The van der Waals surface area contributed by atoms with Gasteiger partial charge in [-0.3, -0.25) is 0 Å². The first-order valence-corrected chi connectivity index (χ1v) is 7.18. The number of nitrogens with zero attached hydrogens (tertiary/aromatic N) is 1. The molecule has 8 heteroatoms. The van der Waals surface area contributed by atoms with Gasteiger partial charge in [-0.05, 0) is 31.2 Å². The van der Waals surface area contributed by atoms with Crippen LogP contribution in [0.1, 0.15) is 15.4 Å². The minimum atomic E-state index is -2.45. The van der Waals surface area contributed by atoms with Crippen molar-refractivity contribution < 1.29 is 18.7 Å². The molecule has 0 bridgehead atoms. The highest BCUT2D eigenvalue weighted by Crippen LogP contribution is 2.29. The van der Waals surface area contributed by atoms with Gasteiger partial charge < -0.3 is 10.4 Å². The maximum atomic E-state index is 12.2. The fourth-order valence-electron chi connectivity index (χ4n) is 1.49. The van der Waals surface area contributed by atoms with E-state index >= 15 is 0 Å². The zero-order valence-electron chi connectivity index (χ0n) is 10.3. The van der Waals surface area contributed by atoms with Crippen LogP contribution in [0.5, 0.6) is 0 Å². The van der Waals surface area contributed by atoms with E-state index in [1.165, 1.54) is 0 Å². The second-order valence-electron chi connectivity index (χ2n) is 3.77. The molecule has 0 saturated heterocycles. The van der Waals surface area contributed by atoms with Crippen LogP contribution in [0.2, 0.25) is 0 Å². The highest BCUT2D eigenvalue weighted by Gasteiger charge is 2.14. The zero-order chi connectivity index (χ0) is 14.7. The standard InChI is InChI=1S/C12H10F2N2O2S2/c1-6-9(10(17)18)20-12(15-6)16-7-2-4-8(5-3-7)19-11(13)14/h2-5,11H,1H3,(H,15,16)(H,17,18). The van der Waals surface area contributed by atoms with E-state index in [9.17, 15) is 13.6 Å². The number of alkyl halides is 2. The number of halogens is 2. The summed E-state index contributed by atoms with van der Waals surface area (Å²) in [6, 6.07) is 6.42. The van der Waals surface area contributed by atoms with Crippen LogP contribution in [-0.2, 0) is 0 Å². The van der Waals surface area contributed by atoms with Crippen molar-refractivity contribution in [1.29, 1.82) is 0 Å². The van der Waals surface area contributed by atoms with Crippen molar-refractivity contribution in [1.82, 2.24) is 4.98 Å². The van der Waals surface area contributed by atoms with Gasteiger partial charge in [-0.1, -0.05) is 23.1 Å². The van der Waals surface area contributed by atoms with Crippen molar-refractivity contribution in [3.8, 4) is 0 Å². The molecule has 1 aromatic carbocycles. The summed E-state index contributed by atoms with van der Waals surface area (Å²) < 4.78 is 24.3. The van der Waals surface area contributed by atoms with Crippen LogP contribution in [0.25, 0.3) is 0 Å². The molecule has 0 aliphatic heterocycles. The van der Waals surface area contributed by atoms with Gasteiger partial charge in [0, 0.05) is 10.6 Å². The van der Waals surface area contributed by atoms with Crippen molar-refractivity contribution in [2.24, 2.45) is 0 Å². The fourth-order valence-corrected chi connectivity index (χ4v) is 2.82. The van der Waals surface area contributed by atoms with Gasteiger partial charge in [-0.2, -0.15) is 8.78 Å². The highest BCUT2D eigenvalue weighted by molar-refractivity contribution is 7.99. The number of thioether (sulfide) groups is 1. The molecule has 1 heterocycles. The molecular formula is C12H10F2N2O2S2. The number of aromatic carboxylic acids is 1. The summed E-state index contributed by atoms with van der Waals surface area (Å²) in [5.41, 5.74) is 1.10. The molecule has 0 radical (unpaired) electrons. The summed E-state index contributed by atoms with van der Waals surface area (Å²) in [6.07, 6.45) is 0. The Labute approximate surface area is 121 Å². The van der Waals surface area contributed by atoms with Crippen LogP contribution in [0.15, 0.2) is 29.2 Å². The second-order valence-corrected chi connectivity index (χ2v) is 5.83. The quantitative estimate of drug-likeness (QED) is 0.809. The van der Waals surface area contributed by atoms with Gasteiger partial charge in [0.15, 0.2) is 5.13 Å². The van der Waals surface area contributed by atoms with E-state index < -0.39 is 11.7 Å². The van der Waals surface area contributed by atoms with Gasteiger partial charge in [-0.25, -0.2) is 9.78 Å². The molecule has 0 aliphatic rings. The van der Waals surface area contributed by atoms with Gasteiger partial charge in [-0.15, -0.1) is 0 Å². The van der Waals surface area contributed by atoms with Gasteiger partial charge in [0.05, 0.1) is 5.69 Å². The zero-order valence-corrected chi connectivity index (χ0v) is 11.9. The van der Waals surface area contributed by atoms with Gasteiger partial charge in [0.2, 0.25) is 0 Å². The van der Waals surface area contributed by atoms with E-state index in [1.807, 2.05) is 0 Å². The molecular weight excluding hydrogens is 306 g/mol. The van der Waals surface area contributed by atoms with Crippen LogP contribution in [0.3, 0.4) is 0 Å². The van der Waals surface area contributed by atoms with Crippen molar-refractivity contribution in [3.63, 3.8) is 0 Å². The Morgan fingerprint density at radius 1 is 1.40 bits per heavy atom. The van der Waals surface area contributed by atoms with E-state index in [2.05, 4.69) is 10.3 Å². The van der Waals surface area contributed by atoms with Crippen LogP contribution in [-0.4, -0.2) is 21.8 Å². The van der Waals surface area contributed by atoms with Crippen molar-refractivity contribution in [2.75, 3.05) is 5.32 Å². The van der Waals surface area contributed by atoms with E-state index in [4.69, 9.17) is 5.11 Å². The lowest BCUT2D eigenvalue weighted by Crippen LogP contribution is -1.94. The van der Waals surface area contributed by atoms with Crippen LogP contribution in [0.4, 0.5) is 19.6 Å². The summed E-state index contributed by atoms with van der Waals surface area (Å²) in [5.74, 6) is -3.47. The number of anilines is 2. The van der Waals surface area contributed by atoms with E-state index in [-0.39, 0.29) is 4.88 Å². The Kier molecular flexibility index (Phi) is 4.56. The number of carbonyl (C=O) groups is 1. The van der Waals surface area contributed by atoms with Gasteiger partial charge in [0.25, 0.3) is 5.76 Å².